The molecule has 0 bridgehead atoms. The van der Waals surface area contributed by atoms with E-state index in [1.807, 2.05) is 12.1 Å². The predicted molar refractivity (Wildman–Crippen MR) is 144 cm³/mol. The van der Waals surface area contributed by atoms with Crippen LogP contribution in [0, 0.1) is 23.7 Å². The molecule has 2 fully saturated rings. The zero-order valence-corrected chi connectivity index (χ0v) is 21.9. The molecular weight excluding hydrogens is 480 g/mol. The molecule has 0 heterocycles. The van der Waals surface area contributed by atoms with E-state index in [1.54, 1.807) is 48.5 Å². The maximum Gasteiger partial charge on any atom is 0.344 e. The Labute approximate surface area is 225 Å². The smallest absolute Gasteiger partial charge is 0.344 e. The lowest BCUT2D eigenvalue weighted by Gasteiger charge is -2.36. The Morgan fingerprint density at radius 1 is 0.632 bits per heavy atom. The lowest BCUT2D eigenvalue weighted by Crippen LogP contribution is -2.45. The van der Waals surface area contributed by atoms with Gasteiger partial charge in [0.15, 0.2) is 24.4 Å². The summed E-state index contributed by atoms with van der Waals surface area (Å²) >= 11 is 0. The number of ether oxygens (including phenoxy) is 2. The van der Waals surface area contributed by atoms with Crippen molar-refractivity contribution in [2.75, 3.05) is 13.2 Å². The van der Waals surface area contributed by atoms with Crippen LogP contribution in [0.3, 0.4) is 0 Å². The fourth-order valence-corrected chi connectivity index (χ4v) is 5.99. The van der Waals surface area contributed by atoms with Gasteiger partial charge >= 0.3 is 11.9 Å². The van der Waals surface area contributed by atoms with E-state index in [2.05, 4.69) is 11.8 Å². The molecule has 2 aromatic rings. The molecule has 6 heteroatoms. The molecule has 0 spiro atoms. The molecule has 0 aromatic heterocycles. The maximum atomic E-state index is 13.1. The van der Waals surface area contributed by atoms with Crippen molar-refractivity contribution >= 4 is 11.9 Å². The molecule has 2 aliphatic rings. The van der Waals surface area contributed by atoms with Crippen molar-refractivity contribution in [3.05, 3.63) is 71.8 Å². The van der Waals surface area contributed by atoms with Crippen LogP contribution in [0.5, 0.6) is 0 Å². The number of esters is 2. The fourth-order valence-electron chi connectivity index (χ4n) is 5.99. The van der Waals surface area contributed by atoms with Gasteiger partial charge in [0.25, 0.3) is 0 Å². The molecular formula is C32H38O6. The Kier molecular flexibility index (Phi) is 9.60. The third-order valence-electron chi connectivity index (χ3n) is 8.12. The summed E-state index contributed by atoms with van der Waals surface area (Å²) in [6.07, 6.45) is 9.09. The molecule has 2 saturated carbocycles. The number of aliphatic hydroxyl groups is 2. The van der Waals surface area contributed by atoms with Crippen molar-refractivity contribution in [1.29, 1.82) is 0 Å². The van der Waals surface area contributed by atoms with E-state index >= 15 is 0 Å². The lowest BCUT2D eigenvalue weighted by atomic mass is 9.73. The molecule has 2 unspecified atom stereocenters. The highest BCUT2D eigenvalue weighted by atomic mass is 16.6. The Morgan fingerprint density at radius 2 is 0.974 bits per heavy atom. The van der Waals surface area contributed by atoms with E-state index in [-0.39, 0.29) is 25.0 Å². The summed E-state index contributed by atoms with van der Waals surface area (Å²) in [4.78, 5) is 26.2. The minimum atomic E-state index is -1.72. The van der Waals surface area contributed by atoms with Crippen LogP contribution in [0.4, 0.5) is 0 Å². The zero-order chi connectivity index (χ0) is 26.8. The van der Waals surface area contributed by atoms with Gasteiger partial charge in [0.2, 0.25) is 0 Å². The Bertz CT molecular complexity index is 1020. The second-order valence-corrected chi connectivity index (χ2v) is 10.4. The highest BCUT2D eigenvalue weighted by molar-refractivity contribution is 5.82. The molecule has 2 aliphatic carbocycles. The summed E-state index contributed by atoms with van der Waals surface area (Å²) in [5, 5.41) is 23.1. The summed E-state index contributed by atoms with van der Waals surface area (Å²) in [6, 6.07) is 17.9. The average molecular weight is 519 g/mol. The Balaban J connectivity index is 1.37. The molecule has 2 N–H and O–H groups in total. The van der Waals surface area contributed by atoms with Crippen molar-refractivity contribution in [3.8, 4) is 11.8 Å². The minimum Gasteiger partial charge on any atom is -0.450 e. The van der Waals surface area contributed by atoms with Crippen molar-refractivity contribution in [2.45, 2.75) is 75.4 Å². The van der Waals surface area contributed by atoms with Crippen molar-refractivity contribution in [2.24, 2.45) is 11.8 Å². The second-order valence-electron chi connectivity index (χ2n) is 10.4. The Hall–Kier alpha value is -3.14. The first-order valence-electron chi connectivity index (χ1n) is 13.8. The molecule has 6 nitrogen and oxygen atoms in total. The third kappa shape index (κ3) is 6.11. The molecule has 0 amide bonds. The van der Waals surface area contributed by atoms with Crippen LogP contribution in [0.15, 0.2) is 60.7 Å². The van der Waals surface area contributed by atoms with Gasteiger partial charge in [-0.05, 0) is 36.8 Å². The SMILES string of the molecule is O=C(OCC#CCOC(=O)C(O)(c1ccccc1)C1CCCCC1)C(O)(c1ccccc1)C1CCCCC1. The van der Waals surface area contributed by atoms with Crippen molar-refractivity contribution in [3.63, 3.8) is 0 Å². The molecule has 2 atom stereocenters. The van der Waals surface area contributed by atoms with Crippen molar-refractivity contribution in [1.82, 2.24) is 0 Å². The molecule has 4 rings (SSSR count). The van der Waals surface area contributed by atoms with E-state index < -0.39 is 23.1 Å². The van der Waals surface area contributed by atoms with Gasteiger partial charge in [-0.25, -0.2) is 9.59 Å². The average Bonchev–Trinajstić information content (AvgIpc) is 2.99. The van der Waals surface area contributed by atoms with Gasteiger partial charge < -0.3 is 19.7 Å². The molecule has 0 radical (unpaired) electrons. The van der Waals surface area contributed by atoms with E-state index in [0.29, 0.717) is 11.1 Å². The van der Waals surface area contributed by atoms with E-state index in [4.69, 9.17) is 9.47 Å². The summed E-state index contributed by atoms with van der Waals surface area (Å²) in [5.74, 6) is 3.57. The first-order valence-corrected chi connectivity index (χ1v) is 13.8. The van der Waals surface area contributed by atoms with E-state index in [9.17, 15) is 19.8 Å². The number of rotatable bonds is 8. The maximum absolute atomic E-state index is 13.1. The molecule has 0 saturated heterocycles. The molecule has 0 aliphatic heterocycles. The monoisotopic (exact) mass is 518 g/mol. The topological polar surface area (TPSA) is 93.1 Å². The van der Waals surface area contributed by atoms with Crippen LogP contribution >= 0.6 is 0 Å². The van der Waals surface area contributed by atoms with Gasteiger partial charge in [-0.1, -0.05) is 111 Å². The van der Waals surface area contributed by atoms with Crippen LogP contribution in [-0.4, -0.2) is 35.4 Å². The molecule has 38 heavy (non-hydrogen) atoms. The van der Waals surface area contributed by atoms with Gasteiger partial charge in [0, 0.05) is 11.8 Å². The zero-order valence-electron chi connectivity index (χ0n) is 21.9. The van der Waals surface area contributed by atoms with Gasteiger partial charge in [-0.2, -0.15) is 0 Å². The second kappa shape index (κ2) is 13.1. The number of benzene rings is 2. The quantitative estimate of drug-likeness (QED) is 0.377. The normalized spacial score (nSPS) is 19.7. The summed E-state index contributed by atoms with van der Waals surface area (Å²) in [6.45, 7) is -0.465. The minimum absolute atomic E-state index is 0.212. The van der Waals surface area contributed by atoms with Gasteiger partial charge in [0.05, 0.1) is 0 Å². The van der Waals surface area contributed by atoms with Gasteiger partial charge in [-0.3, -0.25) is 0 Å². The molecule has 2 aromatic carbocycles. The van der Waals surface area contributed by atoms with Crippen LogP contribution < -0.4 is 0 Å². The number of hydrogen-bond acceptors (Lipinski definition) is 6. The number of hydrogen-bond donors (Lipinski definition) is 2. The van der Waals surface area contributed by atoms with Gasteiger partial charge in [-0.15, -0.1) is 0 Å². The Morgan fingerprint density at radius 3 is 1.32 bits per heavy atom. The van der Waals surface area contributed by atoms with Crippen LogP contribution in [0.1, 0.15) is 75.3 Å². The number of carbonyl (C=O) groups excluding carboxylic acids is 2. The van der Waals surface area contributed by atoms with Crippen LogP contribution in [0.2, 0.25) is 0 Å². The third-order valence-corrected chi connectivity index (χ3v) is 8.12. The summed E-state index contributed by atoms with van der Waals surface area (Å²) in [5.41, 5.74) is -2.38. The van der Waals surface area contributed by atoms with E-state index in [0.717, 1.165) is 64.2 Å². The van der Waals surface area contributed by atoms with Crippen LogP contribution in [-0.2, 0) is 30.3 Å². The van der Waals surface area contributed by atoms with Crippen molar-refractivity contribution < 1.29 is 29.3 Å². The molecule has 202 valence electrons. The summed E-state index contributed by atoms with van der Waals surface area (Å²) < 4.78 is 10.8. The highest BCUT2D eigenvalue weighted by Crippen LogP contribution is 2.41. The number of carbonyl (C=O) groups is 2. The fraction of sp³-hybridized carbons (Fsp3) is 0.500. The standard InChI is InChI=1S/C32H38O6/c33-29(31(35,25-15-5-1-6-16-25)26-17-7-2-8-18-26)37-23-13-14-24-38-30(34)32(36,27-19-9-3-10-20-27)28-21-11-4-12-22-28/h1,3,5-6,9-10,15-16,19-20,26,28,35-36H,2,4,7-8,11-12,17-18,21-24H2. The van der Waals surface area contributed by atoms with Gasteiger partial charge in [0.1, 0.15) is 0 Å². The predicted octanol–water partition coefficient (Wildman–Crippen LogP) is 5.01. The lowest BCUT2D eigenvalue weighted by molar-refractivity contribution is -0.174. The van der Waals surface area contributed by atoms with E-state index in [1.165, 1.54) is 0 Å². The summed E-state index contributed by atoms with van der Waals surface area (Å²) in [7, 11) is 0. The largest absolute Gasteiger partial charge is 0.450 e. The first-order chi connectivity index (χ1) is 18.5. The first kappa shape index (κ1) is 27.9. The highest BCUT2D eigenvalue weighted by Gasteiger charge is 2.48. The van der Waals surface area contributed by atoms with Crippen LogP contribution in [0.25, 0.3) is 0 Å².